The van der Waals surface area contributed by atoms with E-state index in [9.17, 15) is 40.2 Å². The van der Waals surface area contributed by atoms with E-state index >= 15 is 0 Å². The molecule has 1 heterocycles. The van der Waals surface area contributed by atoms with Gasteiger partial charge in [-0.2, -0.15) is 0 Å². The SMILES string of the molecule is C[C@]12CC(O)C3C(CC[C@@H]4C[C@H](O)CC[C@]34C)C1CC[C@@H]2C(=O)COC1O[C@H](C(=O)O)[C@@H](O)[C@H](O)[C@H]1O. The highest BCUT2D eigenvalue weighted by atomic mass is 16.7. The molecule has 4 aliphatic carbocycles. The molecule has 5 rings (SSSR count). The van der Waals surface area contributed by atoms with Gasteiger partial charge in [-0.15, -0.1) is 0 Å². The van der Waals surface area contributed by atoms with Crippen LogP contribution in [0.2, 0.25) is 0 Å². The summed E-state index contributed by atoms with van der Waals surface area (Å²) < 4.78 is 10.6. The number of carbonyl (C=O) groups excluding carboxylic acids is 1. The average molecular weight is 527 g/mol. The molecule has 14 atom stereocenters. The summed E-state index contributed by atoms with van der Waals surface area (Å²) in [6.45, 7) is 3.97. The van der Waals surface area contributed by atoms with E-state index in [4.69, 9.17) is 9.47 Å². The van der Waals surface area contributed by atoms with Gasteiger partial charge in [-0.05, 0) is 85.9 Å². The quantitative estimate of drug-likeness (QED) is 0.295. The Kier molecular flexibility index (Phi) is 7.26. The fourth-order valence-corrected chi connectivity index (χ4v) is 9.34. The van der Waals surface area contributed by atoms with Crippen molar-refractivity contribution in [3.05, 3.63) is 0 Å². The van der Waals surface area contributed by atoms with Crippen molar-refractivity contribution in [3.63, 3.8) is 0 Å². The first kappa shape index (κ1) is 27.4. The van der Waals surface area contributed by atoms with Crippen molar-refractivity contribution in [2.45, 2.75) is 108 Å². The van der Waals surface area contributed by atoms with Crippen LogP contribution in [0.3, 0.4) is 0 Å². The van der Waals surface area contributed by atoms with E-state index in [1.54, 1.807) is 0 Å². The molecule has 6 N–H and O–H groups in total. The number of aliphatic hydroxyl groups excluding tert-OH is 5. The number of aliphatic hydroxyl groups is 5. The number of rotatable bonds is 5. The van der Waals surface area contributed by atoms with Crippen LogP contribution in [0, 0.1) is 40.4 Å². The number of ether oxygens (including phenoxy) is 2. The molecule has 5 unspecified atom stereocenters. The van der Waals surface area contributed by atoms with Crippen LogP contribution in [0.25, 0.3) is 0 Å². The predicted octanol–water partition coefficient (Wildman–Crippen LogP) is 0.455. The highest BCUT2D eigenvalue weighted by Gasteiger charge is 2.64. The summed E-state index contributed by atoms with van der Waals surface area (Å²) in [4.78, 5) is 24.8. The normalized spacial score (nSPS) is 53.6. The number of hydrogen-bond acceptors (Lipinski definition) is 9. The minimum atomic E-state index is -1.82. The lowest BCUT2D eigenvalue weighted by atomic mass is 9.44. The van der Waals surface area contributed by atoms with Gasteiger partial charge in [0.2, 0.25) is 0 Å². The highest BCUT2D eigenvalue weighted by molar-refractivity contribution is 5.83. The van der Waals surface area contributed by atoms with Crippen LogP contribution in [-0.2, 0) is 19.1 Å². The van der Waals surface area contributed by atoms with E-state index in [1.165, 1.54) is 0 Å². The maximum Gasteiger partial charge on any atom is 0.335 e. The van der Waals surface area contributed by atoms with Crippen molar-refractivity contribution in [2.75, 3.05) is 6.61 Å². The van der Waals surface area contributed by atoms with Crippen LogP contribution >= 0.6 is 0 Å². The Bertz CT molecular complexity index is 896. The lowest BCUT2D eigenvalue weighted by molar-refractivity contribution is -0.292. The number of carboxylic acids is 1. The van der Waals surface area contributed by atoms with Gasteiger partial charge >= 0.3 is 5.97 Å². The molecule has 0 aromatic heterocycles. The van der Waals surface area contributed by atoms with Gasteiger partial charge in [-0.3, -0.25) is 4.79 Å². The van der Waals surface area contributed by atoms with Crippen LogP contribution < -0.4 is 0 Å². The monoisotopic (exact) mass is 526 g/mol. The van der Waals surface area contributed by atoms with Crippen molar-refractivity contribution in [2.24, 2.45) is 40.4 Å². The van der Waals surface area contributed by atoms with Gasteiger partial charge in [0.25, 0.3) is 0 Å². The summed E-state index contributed by atoms with van der Waals surface area (Å²) in [7, 11) is 0. The first-order chi connectivity index (χ1) is 17.4. The summed E-state index contributed by atoms with van der Waals surface area (Å²) in [5.74, 6) is -0.864. The summed E-state index contributed by atoms with van der Waals surface area (Å²) in [6.07, 6.45) is -2.84. The first-order valence-electron chi connectivity index (χ1n) is 13.8. The molecule has 0 aromatic carbocycles. The highest BCUT2D eigenvalue weighted by Crippen LogP contribution is 2.67. The van der Waals surface area contributed by atoms with E-state index in [2.05, 4.69) is 13.8 Å². The minimum Gasteiger partial charge on any atom is -0.479 e. The molecule has 5 fully saturated rings. The molecule has 210 valence electrons. The van der Waals surface area contributed by atoms with Crippen molar-refractivity contribution in [1.82, 2.24) is 0 Å². The van der Waals surface area contributed by atoms with Gasteiger partial charge in [0, 0.05) is 5.92 Å². The zero-order valence-corrected chi connectivity index (χ0v) is 21.6. The van der Waals surface area contributed by atoms with Gasteiger partial charge in [0.1, 0.15) is 24.9 Å². The molecule has 0 aromatic rings. The number of carboxylic acid groups (broad SMARTS) is 1. The summed E-state index contributed by atoms with van der Waals surface area (Å²) >= 11 is 0. The van der Waals surface area contributed by atoms with Crippen LogP contribution in [-0.4, -0.2) is 91.9 Å². The molecule has 0 amide bonds. The standard InChI is InChI=1S/C27H42O10/c1-26-8-7-13(28)9-12(26)3-4-14-15-5-6-16(27(15,2)10-17(29)19(14)26)18(30)11-36-25-22(33)20(31)21(32)23(37-25)24(34)35/h12-17,19-23,25,28-29,31-33H,3-11H2,1-2H3,(H,34,35)/t12-,13-,14?,15?,16-,17?,19?,20+,21+,22-,23+,25?,26+,27+/m1/s1. The Hall–Kier alpha value is -1.14. The second kappa shape index (κ2) is 9.80. The number of Topliss-reactive ketones (excluding diaryl/α,β-unsaturated/α-hetero) is 1. The van der Waals surface area contributed by atoms with Crippen LogP contribution in [0.1, 0.15) is 65.2 Å². The zero-order chi connectivity index (χ0) is 26.9. The molecule has 0 radical (unpaired) electrons. The Morgan fingerprint density at radius 3 is 2.35 bits per heavy atom. The maximum absolute atomic E-state index is 13.4. The van der Waals surface area contributed by atoms with E-state index in [-0.39, 0.29) is 29.1 Å². The van der Waals surface area contributed by atoms with Crippen molar-refractivity contribution >= 4 is 11.8 Å². The molecule has 10 heteroatoms. The minimum absolute atomic E-state index is 0.00532. The number of aliphatic carboxylic acids is 1. The molecule has 0 bridgehead atoms. The lowest BCUT2D eigenvalue weighted by Crippen LogP contribution is -2.60. The Balaban J connectivity index is 1.27. The Labute approximate surface area is 217 Å². The van der Waals surface area contributed by atoms with Crippen molar-refractivity contribution in [1.29, 1.82) is 0 Å². The lowest BCUT2D eigenvalue weighted by Gasteiger charge is -2.62. The van der Waals surface area contributed by atoms with Crippen molar-refractivity contribution < 1.29 is 49.7 Å². The second-order valence-electron chi connectivity index (χ2n) is 12.9. The van der Waals surface area contributed by atoms with Crippen LogP contribution in [0.4, 0.5) is 0 Å². The van der Waals surface area contributed by atoms with Crippen molar-refractivity contribution in [3.8, 4) is 0 Å². The number of ketones is 1. The topological polar surface area (TPSA) is 174 Å². The molecular weight excluding hydrogens is 484 g/mol. The van der Waals surface area contributed by atoms with Crippen LogP contribution in [0.15, 0.2) is 0 Å². The fraction of sp³-hybridized carbons (Fsp3) is 0.926. The molecule has 0 spiro atoms. The molecule has 1 saturated heterocycles. The first-order valence-corrected chi connectivity index (χ1v) is 13.8. The van der Waals surface area contributed by atoms with E-state index in [0.717, 1.165) is 38.5 Å². The third-order valence-electron chi connectivity index (χ3n) is 11.2. The van der Waals surface area contributed by atoms with Gasteiger partial charge in [-0.1, -0.05) is 13.8 Å². The Morgan fingerprint density at radius 2 is 1.65 bits per heavy atom. The number of carbonyl (C=O) groups is 2. The molecule has 37 heavy (non-hydrogen) atoms. The van der Waals surface area contributed by atoms with Gasteiger partial charge < -0.3 is 40.1 Å². The van der Waals surface area contributed by atoms with E-state index < -0.39 is 54.8 Å². The summed E-state index contributed by atoms with van der Waals surface area (Å²) in [6, 6.07) is 0. The van der Waals surface area contributed by atoms with Gasteiger partial charge in [0.05, 0.1) is 12.2 Å². The van der Waals surface area contributed by atoms with Crippen LogP contribution in [0.5, 0.6) is 0 Å². The largest absolute Gasteiger partial charge is 0.479 e. The molecular formula is C27H42O10. The number of hydrogen-bond donors (Lipinski definition) is 6. The fourth-order valence-electron chi connectivity index (χ4n) is 9.34. The molecule has 4 saturated carbocycles. The van der Waals surface area contributed by atoms with E-state index in [1.807, 2.05) is 0 Å². The molecule has 1 aliphatic heterocycles. The third-order valence-corrected chi connectivity index (χ3v) is 11.2. The van der Waals surface area contributed by atoms with E-state index in [0.29, 0.717) is 30.6 Å². The maximum atomic E-state index is 13.4. The summed E-state index contributed by atoms with van der Waals surface area (Å²) in [5.41, 5.74) is -0.404. The molecule has 5 aliphatic rings. The number of fused-ring (bicyclic) bond motifs is 5. The van der Waals surface area contributed by atoms with Gasteiger partial charge in [-0.25, -0.2) is 4.79 Å². The van der Waals surface area contributed by atoms with Gasteiger partial charge in [0.15, 0.2) is 18.2 Å². The third kappa shape index (κ3) is 4.37. The predicted molar refractivity (Wildman–Crippen MR) is 128 cm³/mol. The zero-order valence-electron chi connectivity index (χ0n) is 21.6. The summed E-state index contributed by atoms with van der Waals surface area (Å²) in [5, 5.41) is 61.1. The average Bonchev–Trinajstić information content (AvgIpc) is 3.18. The molecule has 10 nitrogen and oxygen atoms in total. The Morgan fingerprint density at radius 1 is 0.919 bits per heavy atom. The second-order valence-corrected chi connectivity index (χ2v) is 12.9. The smallest absolute Gasteiger partial charge is 0.335 e.